The van der Waals surface area contributed by atoms with Crippen molar-refractivity contribution in [2.24, 2.45) is 0 Å². The number of nitrogens with zero attached hydrogens (tertiary/aromatic N) is 2. The topological polar surface area (TPSA) is 58.0 Å². The van der Waals surface area contributed by atoms with Crippen LogP contribution in [0.15, 0.2) is 24.8 Å². The second-order valence-corrected chi connectivity index (χ2v) is 2.22. The normalized spacial score (nSPS) is 16.1. The lowest BCUT2D eigenvalue weighted by molar-refractivity contribution is 0.117. The van der Waals surface area contributed by atoms with Gasteiger partial charge in [-0.1, -0.05) is 0 Å². The zero-order chi connectivity index (χ0) is 7.94. The van der Waals surface area contributed by atoms with Gasteiger partial charge in [-0.15, -0.1) is 0 Å². The Bertz CT molecular complexity index is 150. The van der Waals surface area contributed by atoms with Gasteiger partial charge in [0.05, 0.1) is 6.10 Å². The highest BCUT2D eigenvalue weighted by atomic mass is 16.3. The van der Waals surface area contributed by atoms with Crippen LogP contribution in [0.3, 0.4) is 0 Å². The molecule has 0 radical (unpaired) electrons. The summed E-state index contributed by atoms with van der Waals surface area (Å²) in [6.07, 6.45) is 4.83. The molecule has 1 aromatic rings. The first kappa shape index (κ1) is 8.10. The monoisotopic (exact) mass is 153 g/mol. The summed E-state index contributed by atoms with van der Waals surface area (Å²) in [7, 11) is 0. The molecule has 1 aliphatic heterocycles. The fourth-order valence-corrected chi connectivity index (χ4v) is 0.527. The Labute approximate surface area is 65.3 Å². The lowest BCUT2D eigenvalue weighted by Crippen LogP contribution is -2.46. The Morgan fingerprint density at radius 3 is 1.91 bits per heavy atom. The molecular weight excluding hydrogens is 142 g/mol. The van der Waals surface area contributed by atoms with E-state index in [-0.39, 0.29) is 6.10 Å². The maximum Gasteiger partial charge on any atom is 0.115 e. The highest BCUT2D eigenvalue weighted by molar-refractivity contribution is 4.74. The van der Waals surface area contributed by atoms with Crippen LogP contribution in [0.5, 0.6) is 0 Å². The van der Waals surface area contributed by atoms with Crippen LogP contribution >= 0.6 is 0 Å². The Morgan fingerprint density at radius 2 is 1.82 bits per heavy atom. The fourth-order valence-electron chi connectivity index (χ4n) is 0.527. The Kier molecular flexibility index (Phi) is 3.51. The number of aromatic nitrogens is 2. The van der Waals surface area contributed by atoms with Gasteiger partial charge in [-0.05, 0) is 6.07 Å². The second-order valence-electron chi connectivity index (χ2n) is 2.22. The van der Waals surface area contributed by atoms with Crippen molar-refractivity contribution < 1.29 is 5.11 Å². The van der Waals surface area contributed by atoms with Crippen LogP contribution in [0, 0.1) is 0 Å². The first-order valence-electron chi connectivity index (χ1n) is 3.48. The highest BCUT2D eigenvalue weighted by Crippen LogP contribution is 1.85. The van der Waals surface area contributed by atoms with E-state index in [2.05, 4.69) is 15.3 Å². The molecule has 1 fully saturated rings. The van der Waals surface area contributed by atoms with Gasteiger partial charge in [0.2, 0.25) is 0 Å². The molecule has 11 heavy (non-hydrogen) atoms. The van der Waals surface area contributed by atoms with Crippen molar-refractivity contribution in [3.8, 4) is 0 Å². The SMILES string of the molecule is OC1CNC1.c1cncnc1. The van der Waals surface area contributed by atoms with Gasteiger partial charge < -0.3 is 10.4 Å². The molecule has 0 bridgehead atoms. The van der Waals surface area contributed by atoms with Crippen LogP contribution in [0.1, 0.15) is 0 Å². The minimum absolute atomic E-state index is 0.0463. The minimum atomic E-state index is -0.0463. The van der Waals surface area contributed by atoms with Gasteiger partial charge in [-0.3, -0.25) is 0 Å². The van der Waals surface area contributed by atoms with Crippen molar-refractivity contribution in [2.45, 2.75) is 6.10 Å². The molecule has 4 heteroatoms. The summed E-state index contributed by atoms with van der Waals surface area (Å²) >= 11 is 0. The average molecular weight is 153 g/mol. The minimum Gasteiger partial charge on any atom is -0.390 e. The number of hydrogen-bond donors (Lipinski definition) is 2. The Morgan fingerprint density at radius 1 is 1.27 bits per heavy atom. The Balaban J connectivity index is 0.000000112. The quantitative estimate of drug-likeness (QED) is 0.524. The number of hydrogen-bond acceptors (Lipinski definition) is 4. The van der Waals surface area contributed by atoms with E-state index in [1.807, 2.05) is 0 Å². The third-order valence-corrected chi connectivity index (χ3v) is 1.24. The number of aliphatic hydroxyl groups is 1. The van der Waals surface area contributed by atoms with E-state index >= 15 is 0 Å². The van der Waals surface area contributed by atoms with E-state index in [0.29, 0.717) is 0 Å². The molecule has 1 aliphatic rings. The molecule has 1 aromatic heterocycles. The summed E-state index contributed by atoms with van der Waals surface area (Å²) in [4.78, 5) is 7.35. The van der Waals surface area contributed by atoms with Gasteiger partial charge >= 0.3 is 0 Å². The molecule has 0 atom stereocenters. The van der Waals surface area contributed by atoms with Gasteiger partial charge in [-0.2, -0.15) is 0 Å². The van der Waals surface area contributed by atoms with Crippen molar-refractivity contribution >= 4 is 0 Å². The highest BCUT2D eigenvalue weighted by Gasteiger charge is 2.10. The van der Waals surface area contributed by atoms with Crippen LogP contribution in [0.2, 0.25) is 0 Å². The maximum absolute atomic E-state index is 8.39. The molecule has 60 valence electrons. The number of β-amino-alcohol motifs (C(OH)–C–C–N with tert-alkyl or cyclic N) is 1. The van der Waals surface area contributed by atoms with Crippen molar-refractivity contribution in [1.82, 2.24) is 15.3 Å². The first-order chi connectivity index (χ1) is 5.39. The zero-order valence-corrected chi connectivity index (χ0v) is 6.14. The maximum atomic E-state index is 8.39. The first-order valence-corrected chi connectivity index (χ1v) is 3.48. The fraction of sp³-hybridized carbons (Fsp3) is 0.429. The molecule has 4 nitrogen and oxygen atoms in total. The van der Waals surface area contributed by atoms with Crippen molar-refractivity contribution in [2.75, 3.05) is 13.1 Å². The molecule has 2 rings (SSSR count). The van der Waals surface area contributed by atoms with Gasteiger partial charge in [0, 0.05) is 25.5 Å². The zero-order valence-electron chi connectivity index (χ0n) is 6.14. The van der Waals surface area contributed by atoms with Gasteiger partial charge in [0.15, 0.2) is 0 Å². The molecule has 1 saturated heterocycles. The summed E-state index contributed by atoms with van der Waals surface area (Å²) in [5.41, 5.74) is 0. The van der Waals surface area contributed by atoms with Gasteiger partial charge in [0.1, 0.15) is 6.33 Å². The lowest BCUT2D eigenvalue weighted by atomic mass is 10.2. The molecule has 0 amide bonds. The van der Waals surface area contributed by atoms with Crippen LogP contribution < -0.4 is 5.32 Å². The van der Waals surface area contributed by atoms with E-state index in [0.717, 1.165) is 13.1 Å². The molecule has 2 N–H and O–H groups in total. The van der Waals surface area contributed by atoms with Crippen molar-refractivity contribution in [3.05, 3.63) is 24.8 Å². The second kappa shape index (κ2) is 4.76. The molecule has 0 unspecified atom stereocenters. The predicted molar refractivity (Wildman–Crippen MR) is 40.9 cm³/mol. The number of aliphatic hydroxyl groups excluding tert-OH is 1. The summed E-state index contributed by atoms with van der Waals surface area (Å²) < 4.78 is 0. The summed E-state index contributed by atoms with van der Waals surface area (Å²) in [5, 5.41) is 11.3. The van der Waals surface area contributed by atoms with Crippen molar-refractivity contribution in [3.63, 3.8) is 0 Å². The molecular formula is C7H11N3O. The molecule has 0 aliphatic carbocycles. The van der Waals surface area contributed by atoms with Crippen LogP contribution in [-0.4, -0.2) is 34.3 Å². The smallest absolute Gasteiger partial charge is 0.115 e. The molecule has 0 saturated carbocycles. The van der Waals surface area contributed by atoms with Gasteiger partial charge in [0.25, 0.3) is 0 Å². The van der Waals surface area contributed by atoms with Crippen LogP contribution in [0.25, 0.3) is 0 Å². The van der Waals surface area contributed by atoms with E-state index in [1.54, 1.807) is 18.5 Å². The summed E-state index contributed by atoms with van der Waals surface area (Å²) in [5.74, 6) is 0. The summed E-state index contributed by atoms with van der Waals surface area (Å²) in [6.45, 7) is 1.58. The largest absolute Gasteiger partial charge is 0.390 e. The molecule has 0 aromatic carbocycles. The number of rotatable bonds is 0. The summed E-state index contributed by atoms with van der Waals surface area (Å²) in [6, 6.07) is 1.78. The van der Waals surface area contributed by atoms with Gasteiger partial charge in [-0.25, -0.2) is 9.97 Å². The predicted octanol–water partition coefficient (Wildman–Crippen LogP) is -0.573. The lowest BCUT2D eigenvalue weighted by Gasteiger charge is -2.20. The van der Waals surface area contributed by atoms with Crippen LogP contribution in [-0.2, 0) is 0 Å². The average Bonchev–Trinajstić information content (AvgIpc) is 2.05. The van der Waals surface area contributed by atoms with Crippen LogP contribution in [0.4, 0.5) is 0 Å². The number of nitrogens with one attached hydrogen (secondary N) is 1. The molecule has 0 spiro atoms. The third kappa shape index (κ3) is 3.64. The Hall–Kier alpha value is -1.00. The van der Waals surface area contributed by atoms with E-state index in [1.165, 1.54) is 6.33 Å². The van der Waals surface area contributed by atoms with E-state index in [9.17, 15) is 0 Å². The molecule has 2 heterocycles. The van der Waals surface area contributed by atoms with E-state index < -0.39 is 0 Å². The van der Waals surface area contributed by atoms with Crippen molar-refractivity contribution in [1.29, 1.82) is 0 Å². The third-order valence-electron chi connectivity index (χ3n) is 1.24. The standard InChI is InChI=1S/C4H4N2.C3H7NO/c1-2-5-4-6-3-1;5-3-1-4-2-3/h1-4H;3-5H,1-2H2. The van der Waals surface area contributed by atoms with E-state index in [4.69, 9.17) is 5.11 Å².